The summed E-state index contributed by atoms with van der Waals surface area (Å²) < 4.78 is 8.80. The predicted octanol–water partition coefficient (Wildman–Crippen LogP) is 16.8. The van der Waals surface area contributed by atoms with Gasteiger partial charge < -0.3 is 13.9 Å². The van der Waals surface area contributed by atoms with Crippen LogP contribution in [0.15, 0.2) is 247 Å². The van der Waals surface area contributed by atoms with Crippen molar-refractivity contribution in [2.24, 2.45) is 0 Å². The highest BCUT2D eigenvalue weighted by molar-refractivity contribution is 6.10. The zero-order chi connectivity index (χ0) is 41.7. The Bertz CT molecular complexity index is 3550. The number of para-hydroxylation sites is 5. The first kappa shape index (κ1) is 36.5. The molecule has 12 aromatic rings. The van der Waals surface area contributed by atoms with Gasteiger partial charge in [0.05, 0.1) is 16.7 Å². The Morgan fingerprint density at radius 2 is 0.778 bits per heavy atom. The first-order chi connectivity index (χ1) is 31.2. The molecule has 3 heteroatoms. The third kappa shape index (κ3) is 6.38. The van der Waals surface area contributed by atoms with E-state index in [4.69, 9.17) is 4.42 Å². The average molecular weight is 805 g/mol. The number of nitrogens with zero attached hydrogens (tertiary/aromatic N) is 2. The summed E-state index contributed by atoms with van der Waals surface area (Å²) in [6.45, 7) is 0. The zero-order valence-corrected chi connectivity index (χ0v) is 34.4. The Morgan fingerprint density at radius 3 is 1.51 bits per heavy atom. The van der Waals surface area contributed by atoms with Crippen molar-refractivity contribution in [3.8, 4) is 50.2 Å². The van der Waals surface area contributed by atoms with Crippen LogP contribution in [-0.2, 0) is 0 Å². The van der Waals surface area contributed by atoms with Gasteiger partial charge in [-0.3, -0.25) is 0 Å². The molecule has 0 bridgehead atoms. The molecule has 12 rings (SSSR count). The largest absolute Gasteiger partial charge is 0.455 e. The predicted molar refractivity (Wildman–Crippen MR) is 264 cm³/mol. The van der Waals surface area contributed by atoms with Crippen molar-refractivity contribution >= 4 is 60.8 Å². The van der Waals surface area contributed by atoms with Crippen LogP contribution in [0.3, 0.4) is 0 Å². The van der Waals surface area contributed by atoms with E-state index in [9.17, 15) is 0 Å². The minimum atomic E-state index is 0.909. The molecule has 0 radical (unpaired) electrons. The highest BCUT2D eigenvalue weighted by Gasteiger charge is 2.18. The molecule has 2 heterocycles. The van der Waals surface area contributed by atoms with Crippen LogP contribution in [0.2, 0.25) is 0 Å². The van der Waals surface area contributed by atoms with Gasteiger partial charge in [-0.1, -0.05) is 182 Å². The third-order valence-electron chi connectivity index (χ3n) is 12.4. The van der Waals surface area contributed by atoms with Crippen LogP contribution in [0.25, 0.3) is 93.9 Å². The van der Waals surface area contributed by atoms with Crippen LogP contribution in [0.4, 0.5) is 17.1 Å². The van der Waals surface area contributed by atoms with Crippen molar-refractivity contribution in [2.45, 2.75) is 0 Å². The summed E-state index contributed by atoms with van der Waals surface area (Å²) in [4.78, 5) is 2.36. The second-order valence-electron chi connectivity index (χ2n) is 16.1. The molecule has 0 atom stereocenters. The van der Waals surface area contributed by atoms with E-state index in [1.54, 1.807) is 0 Å². The van der Waals surface area contributed by atoms with Crippen LogP contribution in [-0.4, -0.2) is 4.57 Å². The lowest BCUT2D eigenvalue weighted by molar-refractivity contribution is 0.670. The van der Waals surface area contributed by atoms with Gasteiger partial charge in [0.2, 0.25) is 0 Å². The highest BCUT2D eigenvalue weighted by Crippen LogP contribution is 2.41. The summed E-state index contributed by atoms with van der Waals surface area (Å²) in [7, 11) is 0. The zero-order valence-electron chi connectivity index (χ0n) is 34.4. The number of furan rings is 1. The summed E-state index contributed by atoms with van der Waals surface area (Å²) in [5.41, 5.74) is 17.8. The van der Waals surface area contributed by atoms with E-state index in [1.807, 2.05) is 12.1 Å². The fourth-order valence-corrected chi connectivity index (χ4v) is 9.41. The van der Waals surface area contributed by atoms with E-state index in [2.05, 4.69) is 240 Å². The maximum Gasteiger partial charge on any atom is 0.143 e. The number of hydrogen-bond acceptors (Lipinski definition) is 2. The van der Waals surface area contributed by atoms with E-state index in [0.717, 1.165) is 72.5 Å². The number of anilines is 3. The number of hydrogen-bond donors (Lipinski definition) is 0. The Morgan fingerprint density at radius 1 is 0.302 bits per heavy atom. The standard InChI is InChI=1S/C60H40N2O/c1-2-14-41(15-3-1)42-32-36-47(37-33-42)61(48-38-34-44(35-39-48)50-18-4-8-24-56(50)62-57-25-9-5-19-52(57)53-20-6-10-26-58(53)62)49-17-12-16-46(40-49)43-28-30-45(31-29-43)51-22-13-23-55-54-21-7-11-27-59(54)63-60(51)55/h1-40H. The number of aromatic nitrogens is 1. The van der Waals surface area contributed by atoms with Crippen molar-refractivity contribution < 1.29 is 4.42 Å². The van der Waals surface area contributed by atoms with Crippen molar-refractivity contribution in [2.75, 3.05) is 4.90 Å². The van der Waals surface area contributed by atoms with Gasteiger partial charge in [0.15, 0.2) is 0 Å². The third-order valence-corrected chi connectivity index (χ3v) is 12.4. The molecule has 0 fully saturated rings. The lowest BCUT2D eigenvalue weighted by Crippen LogP contribution is -2.10. The Hall–Kier alpha value is -8.40. The molecule has 3 nitrogen and oxygen atoms in total. The molecule has 0 aliphatic carbocycles. The van der Waals surface area contributed by atoms with Gasteiger partial charge in [0.1, 0.15) is 11.2 Å². The van der Waals surface area contributed by atoms with Crippen LogP contribution in [0.5, 0.6) is 0 Å². The molecular formula is C60H40N2O. The summed E-state index contributed by atoms with van der Waals surface area (Å²) >= 11 is 0. The van der Waals surface area contributed by atoms with Gasteiger partial charge in [-0.25, -0.2) is 0 Å². The second kappa shape index (κ2) is 15.3. The molecule has 0 aliphatic rings. The monoisotopic (exact) mass is 804 g/mol. The Kier molecular flexibility index (Phi) is 8.83. The summed E-state index contributed by atoms with van der Waals surface area (Å²) in [6.07, 6.45) is 0. The lowest BCUT2D eigenvalue weighted by atomic mass is 9.98. The van der Waals surface area contributed by atoms with E-state index in [-0.39, 0.29) is 0 Å². The average Bonchev–Trinajstić information content (AvgIpc) is 3.91. The first-order valence-electron chi connectivity index (χ1n) is 21.5. The SMILES string of the molecule is c1ccc(-c2ccc(N(c3ccc(-c4ccccc4-n4c5ccccc5c5ccccc54)cc3)c3cccc(-c4ccc(-c5cccc6c5oc5ccccc56)cc4)c3)cc2)cc1. The van der Waals surface area contributed by atoms with Gasteiger partial charge in [0, 0.05) is 49.7 Å². The second-order valence-corrected chi connectivity index (χ2v) is 16.1. The smallest absolute Gasteiger partial charge is 0.143 e. The highest BCUT2D eigenvalue weighted by atomic mass is 16.3. The van der Waals surface area contributed by atoms with Crippen LogP contribution in [0.1, 0.15) is 0 Å². The van der Waals surface area contributed by atoms with Gasteiger partial charge in [-0.2, -0.15) is 0 Å². The van der Waals surface area contributed by atoms with E-state index < -0.39 is 0 Å². The Balaban J connectivity index is 0.927. The minimum Gasteiger partial charge on any atom is -0.455 e. The molecule has 2 aromatic heterocycles. The van der Waals surface area contributed by atoms with Crippen LogP contribution < -0.4 is 4.90 Å². The Labute approximate surface area is 366 Å². The summed E-state index contributed by atoms with van der Waals surface area (Å²) in [5.74, 6) is 0. The quantitative estimate of drug-likeness (QED) is 0.153. The molecular weight excluding hydrogens is 765 g/mol. The van der Waals surface area contributed by atoms with E-state index in [0.29, 0.717) is 0 Å². The fraction of sp³-hybridized carbons (Fsp3) is 0. The molecule has 0 saturated carbocycles. The molecule has 0 unspecified atom stereocenters. The molecule has 0 aliphatic heterocycles. The van der Waals surface area contributed by atoms with Gasteiger partial charge in [-0.15, -0.1) is 0 Å². The van der Waals surface area contributed by atoms with Gasteiger partial charge in [-0.05, 0) is 94.0 Å². The van der Waals surface area contributed by atoms with Crippen molar-refractivity contribution in [3.05, 3.63) is 243 Å². The maximum atomic E-state index is 6.39. The topological polar surface area (TPSA) is 21.3 Å². The number of benzene rings is 10. The number of fused-ring (bicyclic) bond motifs is 6. The van der Waals surface area contributed by atoms with Crippen molar-refractivity contribution in [1.82, 2.24) is 4.57 Å². The van der Waals surface area contributed by atoms with Crippen LogP contribution >= 0.6 is 0 Å². The molecule has 0 N–H and O–H groups in total. The van der Waals surface area contributed by atoms with Gasteiger partial charge in [0.25, 0.3) is 0 Å². The lowest BCUT2D eigenvalue weighted by Gasteiger charge is -2.26. The molecule has 0 saturated heterocycles. The first-order valence-corrected chi connectivity index (χ1v) is 21.5. The van der Waals surface area contributed by atoms with Crippen molar-refractivity contribution in [3.63, 3.8) is 0 Å². The molecule has 0 spiro atoms. The molecule has 296 valence electrons. The summed E-state index contributed by atoms with van der Waals surface area (Å²) in [6, 6.07) is 87.0. The molecule has 63 heavy (non-hydrogen) atoms. The molecule has 0 amide bonds. The normalized spacial score (nSPS) is 11.5. The number of rotatable bonds is 8. The van der Waals surface area contributed by atoms with E-state index >= 15 is 0 Å². The summed E-state index contributed by atoms with van der Waals surface area (Å²) in [5, 5.41) is 4.79. The van der Waals surface area contributed by atoms with E-state index in [1.165, 1.54) is 38.5 Å². The fourth-order valence-electron chi connectivity index (χ4n) is 9.41. The minimum absolute atomic E-state index is 0.909. The van der Waals surface area contributed by atoms with Gasteiger partial charge >= 0.3 is 0 Å². The van der Waals surface area contributed by atoms with Crippen molar-refractivity contribution in [1.29, 1.82) is 0 Å². The van der Waals surface area contributed by atoms with Crippen LogP contribution in [0, 0.1) is 0 Å². The molecule has 10 aromatic carbocycles. The maximum absolute atomic E-state index is 6.39.